The molecule has 0 bridgehead atoms. The molecule has 1 aromatic carbocycles. The van der Waals surface area contributed by atoms with Crippen molar-refractivity contribution in [2.45, 2.75) is 26.3 Å². The maximum Gasteiger partial charge on any atom is 0.299 e. The highest BCUT2D eigenvalue weighted by Gasteiger charge is 2.38. The molecule has 0 fully saturated rings. The SMILES string of the molecule is CCCc1noc(CN2C(=O)C(=O)c3c(Br)cccc32)n1. The Bertz CT molecular complexity index is 726. The first-order chi connectivity index (χ1) is 10.1. The molecule has 21 heavy (non-hydrogen) atoms. The highest BCUT2D eigenvalue weighted by Crippen LogP contribution is 2.34. The Morgan fingerprint density at radius 1 is 1.33 bits per heavy atom. The first kappa shape index (κ1) is 13.9. The fourth-order valence-corrected chi connectivity index (χ4v) is 2.81. The predicted molar refractivity (Wildman–Crippen MR) is 78.0 cm³/mol. The lowest BCUT2D eigenvalue weighted by molar-refractivity contribution is -0.114. The number of carbonyl (C=O) groups is 2. The molecule has 3 rings (SSSR count). The third-order valence-corrected chi connectivity index (χ3v) is 3.89. The van der Waals surface area contributed by atoms with Gasteiger partial charge in [-0.15, -0.1) is 0 Å². The number of rotatable bonds is 4. The van der Waals surface area contributed by atoms with E-state index in [0.29, 0.717) is 27.4 Å². The van der Waals surface area contributed by atoms with Crippen molar-refractivity contribution in [3.8, 4) is 0 Å². The van der Waals surface area contributed by atoms with Crippen LogP contribution in [0.3, 0.4) is 0 Å². The standard InChI is InChI=1S/C14H12BrN3O3/c1-2-4-10-16-11(21-17-10)7-18-9-6-3-5-8(15)12(9)13(19)14(18)20/h3,5-6H,2,4,7H2,1H3. The van der Waals surface area contributed by atoms with Gasteiger partial charge in [0.1, 0.15) is 6.54 Å². The number of benzene rings is 1. The van der Waals surface area contributed by atoms with E-state index in [0.717, 1.165) is 12.8 Å². The first-order valence-electron chi connectivity index (χ1n) is 6.58. The van der Waals surface area contributed by atoms with E-state index in [9.17, 15) is 9.59 Å². The number of nitrogens with zero attached hydrogens (tertiary/aromatic N) is 3. The molecule has 108 valence electrons. The van der Waals surface area contributed by atoms with E-state index in [-0.39, 0.29) is 6.54 Å². The Morgan fingerprint density at radius 3 is 2.90 bits per heavy atom. The molecule has 1 aliphatic rings. The molecule has 0 saturated carbocycles. The number of ketones is 1. The summed E-state index contributed by atoms with van der Waals surface area (Å²) in [4.78, 5) is 29.7. The fourth-order valence-electron chi connectivity index (χ4n) is 2.27. The Kier molecular flexibility index (Phi) is 3.59. The molecule has 0 atom stereocenters. The van der Waals surface area contributed by atoms with E-state index >= 15 is 0 Å². The molecule has 2 heterocycles. The van der Waals surface area contributed by atoms with Crippen molar-refractivity contribution in [3.05, 3.63) is 40.0 Å². The average Bonchev–Trinajstić information content (AvgIpc) is 2.99. The Balaban J connectivity index is 1.91. The summed E-state index contributed by atoms with van der Waals surface area (Å²) < 4.78 is 5.74. The zero-order chi connectivity index (χ0) is 15.0. The summed E-state index contributed by atoms with van der Waals surface area (Å²) in [6.45, 7) is 2.12. The second kappa shape index (κ2) is 5.40. The molecule has 1 aromatic heterocycles. The van der Waals surface area contributed by atoms with Crippen LogP contribution in [-0.4, -0.2) is 21.8 Å². The van der Waals surface area contributed by atoms with Gasteiger partial charge in [0.05, 0.1) is 11.3 Å². The largest absolute Gasteiger partial charge is 0.337 e. The normalized spacial score (nSPS) is 13.9. The van der Waals surface area contributed by atoms with Crippen molar-refractivity contribution in [3.63, 3.8) is 0 Å². The summed E-state index contributed by atoms with van der Waals surface area (Å²) in [5.41, 5.74) is 0.949. The summed E-state index contributed by atoms with van der Waals surface area (Å²) in [5, 5.41) is 3.85. The van der Waals surface area contributed by atoms with Crippen LogP contribution in [0.5, 0.6) is 0 Å². The molecule has 1 aliphatic heterocycles. The van der Waals surface area contributed by atoms with E-state index in [1.165, 1.54) is 4.90 Å². The molecule has 0 N–H and O–H groups in total. The predicted octanol–water partition coefficient (Wildman–Crippen LogP) is 2.51. The lowest BCUT2D eigenvalue weighted by Crippen LogP contribution is -2.29. The number of aryl methyl sites for hydroxylation is 1. The minimum Gasteiger partial charge on any atom is -0.337 e. The van der Waals surface area contributed by atoms with Gasteiger partial charge in [-0.05, 0) is 34.5 Å². The zero-order valence-electron chi connectivity index (χ0n) is 11.3. The quantitative estimate of drug-likeness (QED) is 0.792. The molecule has 0 spiro atoms. The minimum atomic E-state index is -0.577. The zero-order valence-corrected chi connectivity index (χ0v) is 12.9. The summed E-state index contributed by atoms with van der Waals surface area (Å²) in [7, 11) is 0. The van der Waals surface area contributed by atoms with Gasteiger partial charge in [-0.1, -0.05) is 18.1 Å². The number of Topliss-reactive ketones (excluding diaryl/α,β-unsaturated/α-hetero) is 1. The van der Waals surface area contributed by atoms with E-state index in [2.05, 4.69) is 26.1 Å². The third kappa shape index (κ3) is 2.37. The van der Waals surface area contributed by atoms with Crippen LogP contribution in [0.25, 0.3) is 0 Å². The van der Waals surface area contributed by atoms with E-state index in [1.54, 1.807) is 18.2 Å². The number of fused-ring (bicyclic) bond motifs is 1. The van der Waals surface area contributed by atoms with E-state index in [1.807, 2.05) is 6.92 Å². The van der Waals surface area contributed by atoms with Gasteiger partial charge >= 0.3 is 0 Å². The first-order valence-corrected chi connectivity index (χ1v) is 7.37. The number of halogens is 1. The van der Waals surface area contributed by atoms with Gasteiger partial charge in [-0.2, -0.15) is 4.98 Å². The van der Waals surface area contributed by atoms with E-state index in [4.69, 9.17) is 4.52 Å². The summed E-state index contributed by atoms with van der Waals surface area (Å²) in [5.74, 6) is -0.162. The van der Waals surface area contributed by atoms with Gasteiger partial charge in [0.15, 0.2) is 5.82 Å². The number of anilines is 1. The van der Waals surface area contributed by atoms with Crippen molar-refractivity contribution < 1.29 is 14.1 Å². The Hall–Kier alpha value is -2.02. The van der Waals surface area contributed by atoms with Gasteiger partial charge < -0.3 is 4.52 Å². The van der Waals surface area contributed by atoms with Crippen LogP contribution in [0.2, 0.25) is 0 Å². The summed E-state index contributed by atoms with van der Waals surface area (Å²) in [6, 6.07) is 5.24. The van der Waals surface area contributed by atoms with Crippen molar-refractivity contribution in [2.75, 3.05) is 4.90 Å². The van der Waals surface area contributed by atoms with Gasteiger partial charge in [0.2, 0.25) is 5.89 Å². The summed E-state index contributed by atoms with van der Waals surface area (Å²) >= 11 is 3.30. The summed E-state index contributed by atoms with van der Waals surface area (Å²) in [6.07, 6.45) is 1.63. The Morgan fingerprint density at radius 2 is 2.14 bits per heavy atom. The average molecular weight is 350 g/mol. The topological polar surface area (TPSA) is 76.3 Å². The number of aromatic nitrogens is 2. The van der Waals surface area contributed by atoms with Gasteiger partial charge in [0, 0.05) is 10.9 Å². The number of carbonyl (C=O) groups excluding carboxylic acids is 2. The monoisotopic (exact) mass is 349 g/mol. The molecule has 7 heteroatoms. The molecule has 0 aliphatic carbocycles. The van der Waals surface area contributed by atoms with Crippen LogP contribution in [0.4, 0.5) is 5.69 Å². The minimum absolute atomic E-state index is 0.102. The smallest absolute Gasteiger partial charge is 0.299 e. The van der Waals surface area contributed by atoms with Crippen molar-refractivity contribution in [1.29, 1.82) is 0 Å². The molecule has 6 nitrogen and oxygen atoms in total. The molecular weight excluding hydrogens is 338 g/mol. The molecule has 2 aromatic rings. The molecule has 1 amide bonds. The van der Waals surface area contributed by atoms with Crippen molar-refractivity contribution >= 4 is 33.3 Å². The molecule has 0 saturated heterocycles. The van der Waals surface area contributed by atoms with Crippen molar-refractivity contribution in [1.82, 2.24) is 10.1 Å². The number of hydrogen-bond donors (Lipinski definition) is 0. The van der Waals surface area contributed by atoms with Crippen LogP contribution in [0.15, 0.2) is 27.2 Å². The maximum absolute atomic E-state index is 12.1. The highest BCUT2D eigenvalue weighted by atomic mass is 79.9. The second-order valence-electron chi connectivity index (χ2n) is 4.71. The van der Waals surface area contributed by atoms with Crippen molar-refractivity contribution in [2.24, 2.45) is 0 Å². The highest BCUT2D eigenvalue weighted by molar-refractivity contribution is 9.10. The van der Waals surface area contributed by atoms with Crippen LogP contribution in [-0.2, 0) is 17.8 Å². The lowest BCUT2D eigenvalue weighted by Gasteiger charge is -2.13. The van der Waals surface area contributed by atoms with Crippen LogP contribution in [0, 0.1) is 0 Å². The molecule has 0 unspecified atom stereocenters. The second-order valence-corrected chi connectivity index (χ2v) is 5.56. The fraction of sp³-hybridized carbons (Fsp3) is 0.286. The van der Waals surface area contributed by atoms with Gasteiger partial charge in [0.25, 0.3) is 11.7 Å². The van der Waals surface area contributed by atoms with Crippen LogP contribution in [0.1, 0.15) is 35.4 Å². The van der Waals surface area contributed by atoms with Crippen LogP contribution >= 0.6 is 15.9 Å². The van der Waals surface area contributed by atoms with Gasteiger partial charge in [-0.3, -0.25) is 14.5 Å². The van der Waals surface area contributed by atoms with Crippen LogP contribution < -0.4 is 4.90 Å². The molecule has 0 radical (unpaired) electrons. The van der Waals surface area contributed by atoms with E-state index < -0.39 is 11.7 Å². The number of amides is 1. The van der Waals surface area contributed by atoms with Gasteiger partial charge in [-0.25, -0.2) is 0 Å². The lowest BCUT2D eigenvalue weighted by atomic mass is 10.1. The molecular formula is C14H12BrN3O3. The number of hydrogen-bond acceptors (Lipinski definition) is 5. The Labute approximate surface area is 129 Å². The maximum atomic E-state index is 12.1. The third-order valence-electron chi connectivity index (χ3n) is 3.23.